The molecule has 0 spiro atoms. The summed E-state index contributed by atoms with van der Waals surface area (Å²) >= 11 is 0. The van der Waals surface area contributed by atoms with E-state index in [1.165, 1.54) is 12.1 Å². The van der Waals surface area contributed by atoms with Crippen LogP contribution >= 0.6 is 0 Å². The van der Waals surface area contributed by atoms with Crippen molar-refractivity contribution in [3.05, 3.63) is 71.0 Å². The summed E-state index contributed by atoms with van der Waals surface area (Å²) in [7, 11) is -3.18. The number of carbonyl (C=O) groups excluding carboxylic acids is 1. The first-order valence-electron chi connectivity index (χ1n) is 13.1. The van der Waals surface area contributed by atoms with Crippen molar-refractivity contribution < 1.29 is 26.4 Å². The highest BCUT2D eigenvalue weighted by Gasteiger charge is 2.46. The summed E-state index contributed by atoms with van der Waals surface area (Å²) in [5.74, 6) is -3.95. The van der Waals surface area contributed by atoms with Crippen LogP contribution < -0.4 is 11.1 Å². The van der Waals surface area contributed by atoms with E-state index in [2.05, 4.69) is 5.32 Å². The van der Waals surface area contributed by atoms with Crippen LogP contribution in [0.15, 0.2) is 59.1 Å². The summed E-state index contributed by atoms with van der Waals surface area (Å²) in [5.41, 5.74) is 9.69. The van der Waals surface area contributed by atoms with Gasteiger partial charge < -0.3 is 11.1 Å². The molecule has 0 radical (unpaired) electrons. The fraction of sp³-hybridized carbons (Fsp3) is 0.448. The topological polar surface area (TPSA) is 102 Å². The summed E-state index contributed by atoms with van der Waals surface area (Å²) in [6.07, 6.45) is 1.22. The van der Waals surface area contributed by atoms with Gasteiger partial charge in [0.1, 0.15) is 5.82 Å². The zero-order valence-electron chi connectivity index (χ0n) is 21.7. The number of nitrogens with two attached hydrogens (primary N) is 1. The van der Waals surface area contributed by atoms with Crippen LogP contribution in [0.1, 0.15) is 62.5 Å². The Morgan fingerprint density at radius 3 is 2.49 bits per heavy atom. The van der Waals surface area contributed by atoms with Gasteiger partial charge in [-0.2, -0.15) is 0 Å². The number of nitrogens with zero attached hydrogens (tertiary/aromatic N) is 1. The summed E-state index contributed by atoms with van der Waals surface area (Å²) in [5, 5.41) is 2.96. The lowest BCUT2D eigenvalue weighted by Crippen LogP contribution is -2.50. The number of hydrogen-bond acceptors (Lipinski definition) is 5. The van der Waals surface area contributed by atoms with Crippen molar-refractivity contribution in [2.45, 2.75) is 62.8 Å². The second kappa shape index (κ2) is 10.1. The number of rotatable bonds is 5. The van der Waals surface area contributed by atoms with E-state index >= 15 is 0 Å². The average molecular weight is 560 g/mol. The number of halogens is 3. The van der Waals surface area contributed by atoms with Crippen molar-refractivity contribution >= 4 is 32.8 Å². The highest BCUT2D eigenvalue weighted by Crippen LogP contribution is 2.48. The molecule has 1 amide bonds. The van der Waals surface area contributed by atoms with Gasteiger partial charge in [-0.05, 0) is 79.1 Å². The van der Waals surface area contributed by atoms with Crippen molar-refractivity contribution in [2.75, 3.05) is 11.5 Å². The molecule has 39 heavy (non-hydrogen) atoms. The molecule has 1 saturated heterocycles. The van der Waals surface area contributed by atoms with E-state index in [9.17, 15) is 26.4 Å². The van der Waals surface area contributed by atoms with Crippen LogP contribution in [-0.4, -0.2) is 43.0 Å². The normalized spacial score (nSPS) is 28.6. The van der Waals surface area contributed by atoms with Gasteiger partial charge in [-0.15, -0.1) is 0 Å². The van der Waals surface area contributed by atoms with E-state index in [4.69, 9.17) is 10.7 Å². The lowest BCUT2D eigenvalue weighted by atomic mass is 9.76. The number of carbonyl (C=O) groups is 1. The quantitative estimate of drug-likeness (QED) is 0.521. The molecule has 2 aliphatic carbocycles. The first-order valence-corrected chi connectivity index (χ1v) is 15.0. The molecule has 5 rings (SSSR count). The molecule has 208 valence electrons. The second-order valence-electron chi connectivity index (χ2n) is 11.3. The van der Waals surface area contributed by atoms with E-state index in [1.54, 1.807) is 25.1 Å². The van der Waals surface area contributed by atoms with Crippen LogP contribution in [0.3, 0.4) is 0 Å². The fourth-order valence-corrected chi connectivity index (χ4v) is 7.85. The molecule has 1 unspecified atom stereocenters. The van der Waals surface area contributed by atoms with Crippen LogP contribution in [0, 0.1) is 11.7 Å². The molecule has 10 heteroatoms. The molecule has 2 atom stereocenters. The Hall–Kier alpha value is -3.14. The molecule has 0 bridgehead atoms. The Bertz CT molecular complexity index is 1450. The van der Waals surface area contributed by atoms with Gasteiger partial charge in [0, 0.05) is 36.6 Å². The molecule has 2 aromatic rings. The third kappa shape index (κ3) is 6.21. The number of allylic oxidation sites excluding steroid dienone is 1. The van der Waals surface area contributed by atoms with Gasteiger partial charge in [0.15, 0.2) is 9.84 Å². The minimum absolute atomic E-state index is 0.0483. The maximum Gasteiger partial charge on any atom is 0.249 e. The van der Waals surface area contributed by atoms with Crippen molar-refractivity contribution in [1.29, 1.82) is 0 Å². The molecule has 0 aromatic heterocycles. The number of amides is 1. The van der Waals surface area contributed by atoms with Crippen LogP contribution in [0.4, 0.5) is 18.9 Å². The lowest BCUT2D eigenvalue weighted by molar-refractivity contribution is -0.126. The van der Waals surface area contributed by atoms with E-state index in [0.717, 1.165) is 11.1 Å². The Balaban J connectivity index is 1.43. The minimum Gasteiger partial charge on any atom is -0.398 e. The highest BCUT2D eigenvalue weighted by atomic mass is 32.2. The van der Waals surface area contributed by atoms with Crippen LogP contribution in [0.25, 0.3) is 5.70 Å². The van der Waals surface area contributed by atoms with Crippen LogP contribution in [-0.2, 0) is 14.6 Å². The fourth-order valence-electron chi connectivity index (χ4n) is 5.76. The average Bonchev–Trinajstić information content (AvgIpc) is 3.15. The summed E-state index contributed by atoms with van der Waals surface area (Å²) in [6.45, 7) is 1.75. The standard InChI is InChI=1S/C29H32F3N3O3S/c1-28(11-12-39(37,38)17-28)35-27(36)20-5-10-24(25(14-20)34-23-8-6-22(30)7-9-23)26(33)19-4-2-3-18(13-19)21-15-29(31,32)16-21/h2-4,6-9,13,20-21H,5,10-12,14-17,33H2,1H3,(H,35,36)/t20?,28-/m0/s1. The maximum absolute atomic E-state index is 13.5. The van der Waals surface area contributed by atoms with E-state index in [-0.39, 0.29) is 42.6 Å². The third-order valence-electron chi connectivity index (χ3n) is 8.00. The van der Waals surface area contributed by atoms with Crippen LogP contribution in [0.2, 0.25) is 0 Å². The SMILES string of the molecule is C[C@]1(NC(=O)C2CCC(=C(N)c3cccc(C4CC(F)(F)C4)c3)C(=Nc3ccc(F)cc3)C2)CCS(=O)(=O)C1. The van der Waals surface area contributed by atoms with Gasteiger partial charge in [-0.1, -0.05) is 18.2 Å². The van der Waals surface area contributed by atoms with Crippen molar-refractivity contribution in [3.8, 4) is 0 Å². The molecule has 3 fully saturated rings. The summed E-state index contributed by atoms with van der Waals surface area (Å²) in [4.78, 5) is 18.0. The molecule has 3 aliphatic rings. The zero-order chi connectivity index (χ0) is 28.0. The predicted molar refractivity (Wildman–Crippen MR) is 145 cm³/mol. The van der Waals surface area contributed by atoms with Crippen molar-refractivity contribution in [3.63, 3.8) is 0 Å². The number of aliphatic imine (C=N–C) groups is 1. The Labute approximate surface area is 226 Å². The Morgan fingerprint density at radius 2 is 1.85 bits per heavy atom. The van der Waals surface area contributed by atoms with E-state index < -0.39 is 33.0 Å². The molecule has 6 nitrogen and oxygen atoms in total. The summed E-state index contributed by atoms with van der Waals surface area (Å²) in [6, 6.07) is 13.0. The Kier molecular flexibility index (Phi) is 7.11. The largest absolute Gasteiger partial charge is 0.398 e. The van der Waals surface area contributed by atoms with Crippen molar-refractivity contribution in [1.82, 2.24) is 5.32 Å². The predicted octanol–water partition coefficient (Wildman–Crippen LogP) is 5.27. The smallest absolute Gasteiger partial charge is 0.249 e. The number of benzene rings is 2. The number of alkyl halides is 2. The molecule has 2 aromatic carbocycles. The van der Waals surface area contributed by atoms with Gasteiger partial charge in [-0.3, -0.25) is 9.79 Å². The van der Waals surface area contributed by atoms with Gasteiger partial charge in [0.05, 0.1) is 22.7 Å². The van der Waals surface area contributed by atoms with E-state index in [0.29, 0.717) is 41.9 Å². The number of hydrogen-bond donors (Lipinski definition) is 2. The lowest BCUT2D eigenvalue weighted by Gasteiger charge is -2.35. The van der Waals surface area contributed by atoms with Gasteiger partial charge in [-0.25, -0.2) is 21.6 Å². The highest BCUT2D eigenvalue weighted by molar-refractivity contribution is 7.91. The molecule has 1 aliphatic heterocycles. The molecule has 2 saturated carbocycles. The van der Waals surface area contributed by atoms with Gasteiger partial charge in [0.25, 0.3) is 0 Å². The molecule has 3 N–H and O–H groups in total. The maximum atomic E-state index is 13.5. The van der Waals surface area contributed by atoms with Gasteiger partial charge >= 0.3 is 0 Å². The first-order chi connectivity index (χ1) is 18.3. The van der Waals surface area contributed by atoms with Gasteiger partial charge in [0.2, 0.25) is 11.8 Å². The Morgan fingerprint density at radius 1 is 1.13 bits per heavy atom. The minimum atomic E-state index is -3.18. The van der Waals surface area contributed by atoms with Crippen LogP contribution in [0.5, 0.6) is 0 Å². The monoisotopic (exact) mass is 559 g/mol. The van der Waals surface area contributed by atoms with Crippen molar-refractivity contribution in [2.24, 2.45) is 16.6 Å². The number of nitrogens with one attached hydrogen (secondary N) is 1. The molecular weight excluding hydrogens is 527 g/mol. The second-order valence-corrected chi connectivity index (χ2v) is 13.5. The molecular formula is C29H32F3N3O3S. The third-order valence-corrected chi connectivity index (χ3v) is 9.91. The number of sulfone groups is 1. The first kappa shape index (κ1) is 27.4. The zero-order valence-corrected chi connectivity index (χ0v) is 22.5. The van der Waals surface area contributed by atoms with E-state index in [1.807, 2.05) is 18.2 Å². The molecule has 1 heterocycles. The summed E-state index contributed by atoms with van der Waals surface area (Å²) < 4.78 is 64.4.